The van der Waals surface area contributed by atoms with Gasteiger partial charge in [0.2, 0.25) is 0 Å². The summed E-state index contributed by atoms with van der Waals surface area (Å²) in [6, 6.07) is 10.8. The van der Waals surface area contributed by atoms with Crippen LogP contribution < -0.4 is 11.1 Å². The maximum atomic E-state index is 13.6. The fourth-order valence-corrected chi connectivity index (χ4v) is 5.66. The van der Waals surface area contributed by atoms with Crippen LogP contribution in [0.1, 0.15) is 39.8 Å². The van der Waals surface area contributed by atoms with Gasteiger partial charge in [0.05, 0.1) is 28.4 Å². The van der Waals surface area contributed by atoms with Crippen LogP contribution in [0.2, 0.25) is 0 Å². The van der Waals surface area contributed by atoms with E-state index in [9.17, 15) is 14.7 Å². The number of anilines is 1. The van der Waals surface area contributed by atoms with E-state index in [-0.39, 0.29) is 24.5 Å². The van der Waals surface area contributed by atoms with E-state index in [2.05, 4.69) is 10.3 Å². The predicted octanol–water partition coefficient (Wildman–Crippen LogP) is 4.03. The van der Waals surface area contributed by atoms with Crippen LogP contribution in [-0.4, -0.2) is 55.9 Å². The number of nitrogen functional groups attached to an aromatic ring is 1. The molecule has 4 N–H and O–H groups in total. The molecular weight excluding hydrogens is 508 g/mol. The van der Waals surface area contributed by atoms with Crippen LogP contribution in [0, 0.1) is 0 Å². The summed E-state index contributed by atoms with van der Waals surface area (Å²) >= 11 is 2.91. The standard InChI is InChI=1S/C26H26N6O3S2/c1-3-17(13-33)28-24(34)22-21(16-8-10-36-14-16)30-23-18(5-4-9-32(22)23)25(35)31(2)12-15-6-7-19-20(11-15)37-26(27)29-19/h4-11,14,17,33H,3,12-13H2,1-2H3,(H2,27,29)(H,28,34)/t17-/m0/s1. The van der Waals surface area contributed by atoms with Gasteiger partial charge in [-0.25, -0.2) is 9.97 Å². The molecule has 9 nitrogen and oxygen atoms in total. The maximum absolute atomic E-state index is 13.6. The van der Waals surface area contributed by atoms with Crippen LogP contribution in [0.15, 0.2) is 53.4 Å². The second kappa shape index (κ2) is 10.3. The summed E-state index contributed by atoms with van der Waals surface area (Å²) in [6.07, 6.45) is 2.31. The molecule has 0 fully saturated rings. The van der Waals surface area contributed by atoms with Crippen LogP contribution in [0.3, 0.4) is 0 Å². The highest BCUT2D eigenvalue weighted by Gasteiger charge is 2.26. The SMILES string of the molecule is CC[C@@H](CO)NC(=O)c1c(-c2ccsc2)nc2c(C(=O)N(C)Cc3ccc4nc(N)sc4c3)cccn12. The van der Waals surface area contributed by atoms with E-state index >= 15 is 0 Å². The average Bonchev–Trinajstić information content (AvgIpc) is 3.63. The van der Waals surface area contributed by atoms with Crippen molar-refractivity contribution in [2.75, 3.05) is 19.4 Å². The van der Waals surface area contributed by atoms with Gasteiger partial charge in [0.1, 0.15) is 11.4 Å². The summed E-state index contributed by atoms with van der Waals surface area (Å²) < 4.78 is 2.62. The Labute approximate surface area is 221 Å². The molecule has 0 aliphatic rings. The van der Waals surface area contributed by atoms with Gasteiger partial charge in [-0.15, -0.1) is 0 Å². The van der Waals surface area contributed by atoms with Gasteiger partial charge in [0.15, 0.2) is 10.8 Å². The molecule has 11 heteroatoms. The Balaban J connectivity index is 1.51. The molecule has 0 bridgehead atoms. The second-order valence-electron chi connectivity index (χ2n) is 8.71. The quantitative estimate of drug-likeness (QED) is 0.276. The van der Waals surface area contributed by atoms with E-state index in [0.29, 0.717) is 40.7 Å². The monoisotopic (exact) mass is 534 g/mol. The third-order valence-electron chi connectivity index (χ3n) is 6.17. The molecule has 0 aliphatic heterocycles. The molecule has 1 atom stereocenters. The van der Waals surface area contributed by atoms with Gasteiger partial charge in [-0.3, -0.25) is 14.0 Å². The van der Waals surface area contributed by atoms with Gasteiger partial charge in [-0.1, -0.05) is 24.3 Å². The number of aliphatic hydroxyl groups excluding tert-OH is 1. The molecule has 4 aromatic heterocycles. The Morgan fingerprint density at radius 2 is 2.08 bits per heavy atom. The third-order valence-corrected chi connectivity index (χ3v) is 7.70. The number of nitrogens with one attached hydrogen (secondary N) is 1. The molecule has 2 amide bonds. The van der Waals surface area contributed by atoms with Crippen molar-refractivity contribution >= 4 is 55.5 Å². The molecule has 0 saturated carbocycles. The van der Waals surface area contributed by atoms with Crippen LogP contribution in [0.4, 0.5) is 5.13 Å². The van der Waals surface area contributed by atoms with Gasteiger partial charge in [0, 0.05) is 30.7 Å². The zero-order valence-electron chi connectivity index (χ0n) is 20.3. The number of thiazole rings is 1. The zero-order chi connectivity index (χ0) is 26.1. The minimum absolute atomic E-state index is 0.165. The summed E-state index contributed by atoms with van der Waals surface area (Å²) in [5.41, 5.74) is 10.0. The fourth-order valence-electron chi connectivity index (χ4n) is 4.22. The van der Waals surface area contributed by atoms with Crippen LogP contribution >= 0.6 is 22.7 Å². The van der Waals surface area contributed by atoms with Crippen molar-refractivity contribution in [2.24, 2.45) is 0 Å². The number of aromatic nitrogens is 3. The zero-order valence-corrected chi connectivity index (χ0v) is 22.0. The van der Waals surface area contributed by atoms with Crippen molar-refractivity contribution in [3.05, 3.63) is 70.2 Å². The number of benzene rings is 1. The first-order valence-corrected chi connectivity index (χ1v) is 13.5. The normalized spacial score (nSPS) is 12.2. The van der Waals surface area contributed by atoms with Crippen molar-refractivity contribution in [3.63, 3.8) is 0 Å². The number of nitrogens with two attached hydrogens (primary N) is 1. The van der Waals surface area contributed by atoms with Crippen molar-refractivity contribution in [2.45, 2.75) is 25.9 Å². The Kier molecular flexibility index (Phi) is 6.92. The van der Waals surface area contributed by atoms with Gasteiger partial charge >= 0.3 is 0 Å². The smallest absolute Gasteiger partial charge is 0.270 e. The number of imidazole rings is 1. The number of pyridine rings is 1. The van der Waals surface area contributed by atoms with E-state index in [1.54, 1.807) is 34.7 Å². The molecule has 5 rings (SSSR count). The molecule has 1 aromatic carbocycles. The molecule has 5 aromatic rings. The molecule has 0 unspecified atom stereocenters. The number of rotatable bonds is 8. The minimum Gasteiger partial charge on any atom is -0.394 e. The first-order valence-electron chi connectivity index (χ1n) is 11.7. The third kappa shape index (κ3) is 4.80. The number of amides is 2. The lowest BCUT2D eigenvalue weighted by atomic mass is 10.1. The number of hydrogen-bond donors (Lipinski definition) is 3. The number of thiophene rings is 1. The van der Waals surface area contributed by atoms with E-state index in [0.717, 1.165) is 21.3 Å². The lowest BCUT2D eigenvalue weighted by Gasteiger charge is -2.18. The Hall–Kier alpha value is -3.80. The first-order chi connectivity index (χ1) is 17.9. The van der Waals surface area contributed by atoms with E-state index in [1.165, 1.54) is 22.7 Å². The molecule has 0 spiro atoms. The van der Waals surface area contributed by atoms with Gasteiger partial charge in [0.25, 0.3) is 11.8 Å². The van der Waals surface area contributed by atoms with Gasteiger partial charge in [-0.2, -0.15) is 11.3 Å². The van der Waals surface area contributed by atoms with Gasteiger partial charge in [-0.05, 0) is 47.7 Å². The van der Waals surface area contributed by atoms with E-state index in [1.807, 2.05) is 41.9 Å². The Bertz CT molecular complexity index is 1590. The molecular formula is C26H26N6O3S2. The first kappa shape index (κ1) is 24.9. The number of aliphatic hydroxyl groups is 1. The van der Waals surface area contributed by atoms with Crippen LogP contribution in [0.25, 0.3) is 27.1 Å². The van der Waals surface area contributed by atoms with Gasteiger partial charge < -0.3 is 21.1 Å². The summed E-state index contributed by atoms with van der Waals surface area (Å²) in [5, 5.41) is 16.8. The van der Waals surface area contributed by atoms with E-state index < -0.39 is 0 Å². The molecule has 4 heterocycles. The Morgan fingerprint density at radius 1 is 1.24 bits per heavy atom. The summed E-state index contributed by atoms with van der Waals surface area (Å²) in [5.74, 6) is -0.574. The highest BCUT2D eigenvalue weighted by Crippen LogP contribution is 2.29. The number of carbonyl (C=O) groups is 2. The van der Waals surface area contributed by atoms with Crippen molar-refractivity contribution in [3.8, 4) is 11.3 Å². The number of hydrogen-bond acceptors (Lipinski definition) is 8. The highest BCUT2D eigenvalue weighted by atomic mass is 32.1. The lowest BCUT2D eigenvalue weighted by Crippen LogP contribution is -2.37. The van der Waals surface area contributed by atoms with Crippen LogP contribution in [0.5, 0.6) is 0 Å². The van der Waals surface area contributed by atoms with Crippen LogP contribution in [-0.2, 0) is 6.54 Å². The predicted molar refractivity (Wildman–Crippen MR) is 147 cm³/mol. The largest absolute Gasteiger partial charge is 0.394 e. The topological polar surface area (TPSA) is 126 Å². The average molecular weight is 535 g/mol. The van der Waals surface area contributed by atoms with Crippen molar-refractivity contribution in [1.29, 1.82) is 0 Å². The van der Waals surface area contributed by atoms with E-state index in [4.69, 9.17) is 10.7 Å². The number of nitrogens with zero attached hydrogens (tertiary/aromatic N) is 4. The molecule has 0 radical (unpaired) electrons. The lowest BCUT2D eigenvalue weighted by molar-refractivity contribution is 0.0785. The maximum Gasteiger partial charge on any atom is 0.270 e. The number of carbonyl (C=O) groups excluding carboxylic acids is 2. The van der Waals surface area contributed by atoms with Crippen molar-refractivity contribution in [1.82, 2.24) is 24.6 Å². The molecule has 0 aliphatic carbocycles. The summed E-state index contributed by atoms with van der Waals surface area (Å²) in [7, 11) is 1.74. The molecule has 37 heavy (non-hydrogen) atoms. The summed E-state index contributed by atoms with van der Waals surface area (Å²) in [4.78, 5) is 37.6. The molecule has 0 saturated heterocycles. The highest BCUT2D eigenvalue weighted by molar-refractivity contribution is 7.22. The number of fused-ring (bicyclic) bond motifs is 2. The molecule has 190 valence electrons. The summed E-state index contributed by atoms with van der Waals surface area (Å²) in [6.45, 7) is 2.11. The Morgan fingerprint density at radius 3 is 2.81 bits per heavy atom. The van der Waals surface area contributed by atoms with Crippen molar-refractivity contribution < 1.29 is 14.7 Å². The minimum atomic E-state index is -0.379. The second-order valence-corrected chi connectivity index (χ2v) is 10.6. The fraction of sp³-hybridized carbons (Fsp3) is 0.231.